The molecule has 1 saturated heterocycles. The number of β-amino-alcohol motifs (C(OH)–C–C–N with tert-alkyl or cyclic N) is 1. The molecule has 5 N–H and O–H groups in total. The number of ether oxygens (including phenoxy) is 4. The molecule has 8 rings (SSSR count). The molecule has 396 valence electrons. The lowest BCUT2D eigenvalue weighted by molar-refractivity contribution is -0.144. The van der Waals surface area contributed by atoms with Crippen molar-refractivity contribution in [2.45, 2.75) is 110 Å². The maximum Gasteiger partial charge on any atom is 0.251 e. The number of hydrogen-bond acceptors (Lipinski definition) is 17. The summed E-state index contributed by atoms with van der Waals surface area (Å²) < 4.78 is 24.4. The Morgan fingerprint density at radius 2 is 1.69 bits per heavy atom. The number of thiazole rings is 1. The van der Waals surface area contributed by atoms with Gasteiger partial charge in [-0.05, 0) is 60.9 Å². The van der Waals surface area contributed by atoms with E-state index in [9.17, 15) is 24.3 Å². The van der Waals surface area contributed by atoms with E-state index in [0.717, 1.165) is 58.3 Å². The molecule has 2 aliphatic heterocycles. The van der Waals surface area contributed by atoms with Gasteiger partial charge < -0.3 is 55.1 Å². The zero-order valence-electron chi connectivity index (χ0n) is 43.0. The number of aliphatic hydroxyl groups excluding tert-OH is 1. The number of methoxy groups -OCH3 is 1. The van der Waals surface area contributed by atoms with Crippen LogP contribution in [0.15, 0.2) is 60.5 Å². The minimum Gasteiger partial charge on any atom is -0.495 e. The van der Waals surface area contributed by atoms with Gasteiger partial charge in [0.1, 0.15) is 36.5 Å². The van der Waals surface area contributed by atoms with Crippen LogP contribution in [0.2, 0.25) is 0 Å². The average molecular weight is 1040 g/mol. The summed E-state index contributed by atoms with van der Waals surface area (Å²) in [5, 5.41) is 31.1. The Balaban J connectivity index is 0.714. The summed E-state index contributed by atoms with van der Waals surface area (Å²) in [5.74, 6) is 0.956. The first-order chi connectivity index (χ1) is 35.7. The summed E-state index contributed by atoms with van der Waals surface area (Å²) in [6.07, 6.45) is 8.12. The zero-order valence-corrected chi connectivity index (χ0v) is 43.8. The Morgan fingerprint density at radius 3 is 2.39 bits per heavy atom. The zero-order chi connectivity index (χ0) is 52.4. The lowest BCUT2D eigenvalue weighted by Gasteiger charge is -2.40. The van der Waals surface area contributed by atoms with Gasteiger partial charge in [-0.15, -0.1) is 21.5 Å². The summed E-state index contributed by atoms with van der Waals surface area (Å²) in [7, 11) is 1.54. The highest BCUT2D eigenvalue weighted by Gasteiger charge is 2.45. The number of hydrogen-bond donors (Lipinski definition) is 5. The quantitative estimate of drug-likeness (QED) is 0.0538. The number of benzene rings is 2. The summed E-state index contributed by atoms with van der Waals surface area (Å²) in [6, 6.07) is 11.5. The monoisotopic (exact) mass is 1040 g/mol. The molecule has 3 aliphatic rings. The van der Waals surface area contributed by atoms with Crippen LogP contribution in [0.1, 0.15) is 99.7 Å². The van der Waals surface area contributed by atoms with Gasteiger partial charge in [0.25, 0.3) is 5.91 Å². The first-order valence-electron chi connectivity index (χ1n) is 25.3. The molecule has 1 saturated carbocycles. The fraction of sp³-hybridized carbons (Fsp3) is 0.519. The van der Waals surface area contributed by atoms with Crippen molar-refractivity contribution in [1.82, 2.24) is 50.6 Å². The molecule has 0 bridgehead atoms. The van der Waals surface area contributed by atoms with E-state index in [4.69, 9.17) is 23.9 Å². The Kier molecular flexibility index (Phi) is 17.9. The Bertz CT molecular complexity index is 2720. The summed E-state index contributed by atoms with van der Waals surface area (Å²) in [5.41, 5.74) is 5.84. The smallest absolute Gasteiger partial charge is 0.251 e. The van der Waals surface area contributed by atoms with Crippen molar-refractivity contribution in [1.29, 1.82) is 0 Å². The Labute approximate surface area is 435 Å². The molecule has 2 aromatic carbocycles. The van der Waals surface area contributed by atoms with Crippen molar-refractivity contribution >= 4 is 52.4 Å². The number of carbonyl (C=O) groups is 4. The lowest BCUT2D eigenvalue weighted by atomic mass is 9.85. The number of anilines is 3. The van der Waals surface area contributed by atoms with E-state index >= 15 is 0 Å². The molecule has 74 heavy (non-hydrogen) atoms. The molecule has 22 heteroatoms. The van der Waals surface area contributed by atoms with E-state index in [1.165, 1.54) is 17.7 Å². The minimum atomic E-state index is -0.985. The van der Waals surface area contributed by atoms with Crippen molar-refractivity contribution in [3.63, 3.8) is 0 Å². The first kappa shape index (κ1) is 53.7. The highest BCUT2D eigenvalue weighted by atomic mass is 32.1. The predicted molar refractivity (Wildman–Crippen MR) is 277 cm³/mol. The number of likely N-dealkylation sites (tertiary alicyclic amines) is 1. The van der Waals surface area contributed by atoms with Crippen molar-refractivity contribution < 1.29 is 43.2 Å². The van der Waals surface area contributed by atoms with Crippen molar-refractivity contribution in [2.24, 2.45) is 5.41 Å². The number of aromatic nitrogens is 6. The van der Waals surface area contributed by atoms with Gasteiger partial charge in [0, 0.05) is 37.7 Å². The standard InChI is InChI=1S/C52H68N12O9S/c1-7-39-47-61-57-30-63(47)41-27-55-51(60-46(41)64(39)36-10-8-9-11-36)58-38-17-16-35(24-42(38)70-6)48(67)53-18-19-71-20-21-72-22-23-73-29-43(66)59-45(52(3,4)5)50(69)62-28-37(65)25-40(62)49(68)54-26-33-12-14-34(15-13-33)44-32(2)56-31-74-44/h12-17,24,27,30-31,36-37,39-40,45,65H,7-11,18-23,25-26,28-29H2,1-6H3,(H,53,67)(H,54,68)(H,59,66)(H,55,58,60)/t37-,39-,40+,45-/m1/s1. The van der Waals surface area contributed by atoms with Crippen LogP contribution in [0, 0.1) is 12.3 Å². The van der Waals surface area contributed by atoms with Crippen molar-refractivity contribution in [3.05, 3.63) is 83.1 Å². The van der Waals surface area contributed by atoms with Gasteiger partial charge >= 0.3 is 0 Å². The molecule has 5 heterocycles. The lowest BCUT2D eigenvalue weighted by Crippen LogP contribution is -2.58. The van der Waals surface area contributed by atoms with Crippen LogP contribution in [0.5, 0.6) is 5.75 Å². The fourth-order valence-electron chi connectivity index (χ4n) is 9.69. The van der Waals surface area contributed by atoms with Gasteiger partial charge in [0.2, 0.25) is 23.7 Å². The number of aryl methyl sites for hydroxylation is 1. The van der Waals surface area contributed by atoms with E-state index in [1.54, 1.807) is 49.2 Å². The third kappa shape index (κ3) is 12.8. The van der Waals surface area contributed by atoms with Gasteiger partial charge in [0.05, 0.1) is 80.3 Å². The Morgan fingerprint density at radius 1 is 0.946 bits per heavy atom. The van der Waals surface area contributed by atoms with Crippen molar-refractivity contribution in [2.75, 3.05) is 70.1 Å². The molecule has 0 spiro atoms. The van der Waals surface area contributed by atoms with Gasteiger partial charge in [-0.3, -0.25) is 23.7 Å². The molecule has 1 aliphatic carbocycles. The first-order valence-corrected chi connectivity index (χ1v) is 26.2. The molecule has 21 nitrogen and oxygen atoms in total. The molecule has 3 aromatic heterocycles. The van der Waals surface area contributed by atoms with E-state index in [0.29, 0.717) is 29.0 Å². The highest BCUT2D eigenvalue weighted by molar-refractivity contribution is 7.13. The van der Waals surface area contributed by atoms with Crippen LogP contribution < -0.4 is 30.9 Å². The average Bonchev–Trinajstić information content (AvgIpc) is 4.25. The van der Waals surface area contributed by atoms with E-state index in [1.807, 2.05) is 62.0 Å². The third-order valence-electron chi connectivity index (χ3n) is 13.5. The summed E-state index contributed by atoms with van der Waals surface area (Å²) in [4.78, 5) is 72.3. The number of fused-ring (bicyclic) bond motifs is 3. The van der Waals surface area contributed by atoms with Gasteiger partial charge in [-0.25, -0.2) is 9.97 Å². The highest BCUT2D eigenvalue weighted by Crippen LogP contribution is 2.43. The number of carbonyl (C=O) groups excluding carboxylic acids is 4. The number of nitrogens with zero attached hydrogens (tertiary/aromatic N) is 8. The SMILES string of the molecule is CC[C@@H]1c2nncn2-c2cnc(Nc3ccc(C(=O)NCCOCCOCCOCC(=O)N[C@H](C(=O)N4C[C@H](O)C[C@H]4C(=O)NCc4ccc(-c5scnc5C)cc4)C(C)(C)C)cc3OC)nc2N1C1CCCC1. The number of amides is 4. The molecular formula is C52H68N12O9S. The largest absolute Gasteiger partial charge is 0.495 e. The second-order valence-electron chi connectivity index (χ2n) is 19.7. The molecule has 0 radical (unpaired) electrons. The second kappa shape index (κ2) is 24.6. The number of aliphatic hydroxyl groups is 1. The van der Waals surface area contributed by atoms with Crippen LogP contribution in [-0.4, -0.2) is 147 Å². The van der Waals surface area contributed by atoms with Crippen LogP contribution >= 0.6 is 11.3 Å². The van der Waals surface area contributed by atoms with E-state index in [2.05, 4.69) is 53.3 Å². The fourth-order valence-corrected chi connectivity index (χ4v) is 10.5. The van der Waals surface area contributed by atoms with Gasteiger partial charge in [-0.1, -0.05) is 64.8 Å². The topological polar surface area (TPSA) is 249 Å². The molecule has 0 unspecified atom stereocenters. The van der Waals surface area contributed by atoms with Crippen molar-refractivity contribution in [3.8, 4) is 21.9 Å². The summed E-state index contributed by atoms with van der Waals surface area (Å²) in [6.45, 7) is 10.9. The van der Waals surface area contributed by atoms with Crippen LogP contribution in [0.3, 0.4) is 0 Å². The number of rotatable bonds is 23. The Hall–Kier alpha value is -6.59. The maximum absolute atomic E-state index is 14.0. The second-order valence-corrected chi connectivity index (χ2v) is 20.6. The van der Waals surface area contributed by atoms with Crippen LogP contribution in [-0.2, 0) is 35.1 Å². The third-order valence-corrected chi connectivity index (χ3v) is 14.5. The van der Waals surface area contributed by atoms with Crippen LogP contribution in [0.4, 0.5) is 17.5 Å². The van der Waals surface area contributed by atoms with Gasteiger partial charge in [0.15, 0.2) is 11.6 Å². The van der Waals surface area contributed by atoms with Crippen LogP contribution in [0.25, 0.3) is 16.1 Å². The maximum atomic E-state index is 14.0. The molecular weight excluding hydrogens is 969 g/mol. The number of nitrogens with one attached hydrogen (secondary N) is 4. The normalized spacial score (nSPS) is 17.9. The summed E-state index contributed by atoms with van der Waals surface area (Å²) >= 11 is 1.57. The molecule has 5 aromatic rings. The molecule has 4 atom stereocenters. The molecule has 4 amide bonds. The van der Waals surface area contributed by atoms with Gasteiger partial charge in [-0.2, -0.15) is 4.98 Å². The minimum absolute atomic E-state index is 0.0292. The predicted octanol–water partition coefficient (Wildman–Crippen LogP) is 5.04. The molecule has 2 fully saturated rings. The van der Waals surface area contributed by atoms with E-state index < -0.39 is 35.4 Å². The van der Waals surface area contributed by atoms with E-state index in [-0.39, 0.29) is 83.6 Å².